The largest absolute Gasteiger partial charge is 0.322 e. The third kappa shape index (κ3) is 4.89. The first-order chi connectivity index (χ1) is 8.00. The highest BCUT2D eigenvalue weighted by atomic mass is 32.9. The molecule has 9 heteroatoms. The standard InChI is InChI=1S/C8H14NO4PS3/c1-3-12-14(15,13-4-2)16-5-6-7(10)9-8(11)17-6/h6H,3-5H2,1-2H3,(H,9,10,11). The van der Waals surface area contributed by atoms with Crippen LogP contribution in [0.3, 0.4) is 0 Å². The summed E-state index contributed by atoms with van der Waals surface area (Å²) in [6.45, 7) is 4.66. The predicted molar refractivity (Wildman–Crippen MR) is 74.9 cm³/mol. The summed E-state index contributed by atoms with van der Waals surface area (Å²) in [7, 11) is 0. The van der Waals surface area contributed by atoms with E-state index in [9.17, 15) is 9.59 Å². The Balaban J connectivity index is 2.49. The molecule has 0 aromatic carbocycles. The van der Waals surface area contributed by atoms with Gasteiger partial charge in [0.2, 0.25) is 11.6 Å². The van der Waals surface area contributed by atoms with Crippen molar-refractivity contribution >= 4 is 51.8 Å². The van der Waals surface area contributed by atoms with Crippen molar-refractivity contribution < 1.29 is 18.6 Å². The van der Waals surface area contributed by atoms with E-state index in [0.29, 0.717) is 19.0 Å². The van der Waals surface area contributed by atoms with Crippen molar-refractivity contribution in [2.24, 2.45) is 0 Å². The van der Waals surface area contributed by atoms with Gasteiger partial charge in [0.1, 0.15) is 5.25 Å². The molecule has 1 heterocycles. The van der Waals surface area contributed by atoms with Crippen molar-refractivity contribution in [3.63, 3.8) is 0 Å². The molecule has 0 bridgehead atoms. The average Bonchev–Trinajstić information content (AvgIpc) is 2.55. The van der Waals surface area contributed by atoms with Gasteiger partial charge < -0.3 is 9.05 Å². The minimum Gasteiger partial charge on any atom is -0.322 e. The molecule has 0 radical (unpaired) electrons. The van der Waals surface area contributed by atoms with Gasteiger partial charge in [-0.2, -0.15) is 0 Å². The van der Waals surface area contributed by atoms with E-state index in [4.69, 9.17) is 20.9 Å². The van der Waals surface area contributed by atoms with Crippen LogP contribution in [-0.4, -0.2) is 35.4 Å². The van der Waals surface area contributed by atoms with Gasteiger partial charge in [0.05, 0.1) is 13.2 Å². The van der Waals surface area contributed by atoms with Crippen LogP contribution in [-0.2, 0) is 25.6 Å². The first kappa shape index (κ1) is 15.5. The molecule has 1 saturated heterocycles. The minimum absolute atomic E-state index is 0.262. The number of thioether (sulfide) groups is 1. The Hall–Kier alpha value is 0.410. The van der Waals surface area contributed by atoms with Crippen LogP contribution in [0.25, 0.3) is 0 Å². The lowest BCUT2D eigenvalue weighted by Crippen LogP contribution is -2.25. The van der Waals surface area contributed by atoms with Gasteiger partial charge in [-0.05, 0) is 25.7 Å². The molecular formula is C8H14NO4PS3. The molecule has 1 atom stereocenters. The normalized spacial score (nSPS) is 20.7. The summed E-state index contributed by atoms with van der Waals surface area (Å²) in [6.07, 6.45) is 0. The summed E-state index contributed by atoms with van der Waals surface area (Å²) in [5.74, 6) is 0.168. The lowest BCUT2D eigenvalue weighted by Gasteiger charge is -2.20. The third-order valence-electron chi connectivity index (χ3n) is 1.73. The molecular weight excluding hydrogens is 301 g/mol. The second-order valence-corrected chi connectivity index (χ2v) is 10.5. The van der Waals surface area contributed by atoms with Gasteiger partial charge in [0.25, 0.3) is 5.24 Å². The monoisotopic (exact) mass is 315 g/mol. The zero-order valence-electron chi connectivity index (χ0n) is 9.50. The van der Waals surface area contributed by atoms with Crippen LogP contribution in [0.1, 0.15) is 13.8 Å². The van der Waals surface area contributed by atoms with Gasteiger partial charge in [0.15, 0.2) is 0 Å². The fourth-order valence-electron chi connectivity index (χ4n) is 1.09. The fourth-order valence-corrected chi connectivity index (χ4v) is 7.03. The molecule has 1 N–H and O–H groups in total. The van der Waals surface area contributed by atoms with E-state index in [1.807, 2.05) is 13.8 Å². The van der Waals surface area contributed by atoms with E-state index in [1.165, 1.54) is 11.4 Å². The van der Waals surface area contributed by atoms with Gasteiger partial charge in [0, 0.05) is 5.75 Å². The first-order valence-electron chi connectivity index (χ1n) is 5.06. The number of hydrogen-bond acceptors (Lipinski definition) is 7. The Labute approximate surface area is 114 Å². The molecule has 1 aliphatic rings. The van der Waals surface area contributed by atoms with Crippen LogP contribution < -0.4 is 5.32 Å². The number of imide groups is 1. The number of hydrogen-bond donors (Lipinski definition) is 1. The lowest BCUT2D eigenvalue weighted by molar-refractivity contribution is -0.118. The van der Waals surface area contributed by atoms with Gasteiger partial charge >= 0.3 is 0 Å². The minimum atomic E-state index is -2.37. The first-order valence-corrected chi connectivity index (χ1v) is 10.2. The highest BCUT2D eigenvalue weighted by molar-refractivity contribution is 8.68. The van der Waals surface area contributed by atoms with E-state index < -0.39 is 10.9 Å². The Morgan fingerprint density at radius 2 is 2.00 bits per heavy atom. The predicted octanol–water partition coefficient (Wildman–Crippen LogP) is 2.37. The maximum absolute atomic E-state index is 11.3. The van der Waals surface area contributed by atoms with Crippen LogP contribution >= 0.6 is 28.8 Å². The Morgan fingerprint density at radius 3 is 2.41 bits per heavy atom. The zero-order chi connectivity index (χ0) is 12.9. The van der Waals surface area contributed by atoms with Crippen LogP contribution in [0.4, 0.5) is 4.79 Å². The Bertz CT molecular complexity index is 342. The quantitative estimate of drug-likeness (QED) is 0.724. The van der Waals surface area contributed by atoms with E-state index in [1.54, 1.807) is 0 Å². The second-order valence-electron chi connectivity index (χ2n) is 2.96. The average molecular weight is 315 g/mol. The summed E-state index contributed by atoms with van der Waals surface area (Å²) in [6, 6.07) is 0. The van der Waals surface area contributed by atoms with Crippen molar-refractivity contribution in [2.45, 2.75) is 19.1 Å². The number of nitrogens with one attached hydrogen (secondary N) is 1. The highest BCUT2D eigenvalue weighted by Crippen LogP contribution is 2.61. The smallest absolute Gasteiger partial charge is 0.286 e. The van der Waals surface area contributed by atoms with Crippen LogP contribution in [0.5, 0.6) is 0 Å². The molecule has 1 rings (SSSR count). The molecule has 0 aromatic heterocycles. The molecule has 1 fully saturated rings. The highest BCUT2D eigenvalue weighted by Gasteiger charge is 2.33. The van der Waals surface area contributed by atoms with Crippen LogP contribution in [0.15, 0.2) is 0 Å². The number of rotatable bonds is 7. The van der Waals surface area contributed by atoms with Gasteiger partial charge in [-0.15, -0.1) is 0 Å². The Kier molecular flexibility index (Phi) is 6.47. The van der Waals surface area contributed by atoms with Crippen molar-refractivity contribution in [3.05, 3.63) is 0 Å². The molecule has 0 saturated carbocycles. The fraction of sp³-hybridized carbons (Fsp3) is 0.750. The summed E-state index contributed by atoms with van der Waals surface area (Å²) in [5.41, 5.74) is -2.37. The molecule has 5 nitrogen and oxygen atoms in total. The topological polar surface area (TPSA) is 64.6 Å². The molecule has 17 heavy (non-hydrogen) atoms. The second kappa shape index (κ2) is 7.11. The van der Waals surface area contributed by atoms with Crippen molar-refractivity contribution in [1.82, 2.24) is 5.32 Å². The van der Waals surface area contributed by atoms with Crippen molar-refractivity contribution in [3.8, 4) is 0 Å². The molecule has 98 valence electrons. The zero-order valence-corrected chi connectivity index (χ0v) is 12.8. The van der Waals surface area contributed by atoms with E-state index >= 15 is 0 Å². The summed E-state index contributed by atoms with van der Waals surface area (Å²) < 4.78 is 10.9. The van der Waals surface area contributed by atoms with E-state index in [2.05, 4.69) is 5.32 Å². The third-order valence-corrected chi connectivity index (χ3v) is 8.47. The van der Waals surface area contributed by atoms with Gasteiger partial charge in [-0.1, -0.05) is 23.1 Å². The summed E-state index contributed by atoms with van der Waals surface area (Å²) in [5, 5.41) is 1.54. The van der Waals surface area contributed by atoms with E-state index in [0.717, 1.165) is 11.8 Å². The summed E-state index contributed by atoms with van der Waals surface area (Å²) in [4.78, 5) is 22.3. The summed E-state index contributed by atoms with van der Waals surface area (Å²) >= 11 is 7.62. The maximum atomic E-state index is 11.3. The molecule has 0 aliphatic carbocycles. The van der Waals surface area contributed by atoms with Crippen LogP contribution in [0.2, 0.25) is 0 Å². The number of carbonyl (C=O) groups is 2. The molecule has 1 unspecified atom stereocenters. The molecule has 1 aliphatic heterocycles. The number of amides is 2. The SMILES string of the molecule is CCOP(=S)(OCC)SCC1SC(=O)NC1=O. The van der Waals surface area contributed by atoms with Crippen molar-refractivity contribution in [2.75, 3.05) is 19.0 Å². The van der Waals surface area contributed by atoms with Gasteiger partial charge in [-0.25, -0.2) is 0 Å². The molecule has 0 aromatic rings. The lowest BCUT2D eigenvalue weighted by atomic mass is 10.4. The molecule has 2 amide bonds. The van der Waals surface area contributed by atoms with Crippen LogP contribution in [0, 0.1) is 0 Å². The van der Waals surface area contributed by atoms with Crippen molar-refractivity contribution in [1.29, 1.82) is 0 Å². The number of carbonyl (C=O) groups excluding carboxylic acids is 2. The van der Waals surface area contributed by atoms with Gasteiger partial charge in [-0.3, -0.25) is 14.9 Å². The van der Waals surface area contributed by atoms with E-state index in [-0.39, 0.29) is 11.1 Å². The molecule has 0 spiro atoms. The Morgan fingerprint density at radius 1 is 1.41 bits per heavy atom. The maximum Gasteiger partial charge on any atom is 0.286 e.